The molecule has 0 spiro atoms. The zero-order valence-electron chi connectivity index (χ0n) is 12.5. The molecule has 3 aromatic rings. The van der Waals surface area contributed by atoms with Crippen LogP contribution in [0.2, 0.25) is 5.02 Å². The number of pyridine rings is 1. The monoisotopic (exact) mass is 342 g/mol. The van der Waals surface area contributed by atoms with E-state index < -0.39 is 0 Å². The van der Waals surface area contributed by atoms with Crippen LogP contribution >= 0.6 is 23.4 Å². The van der Waals surface area contributed by atoms with Crippen molar-refractivity contribution in [2.75, 3.05) is 5.32 Å². The standard InChI is InChI=1S/C18H15ClN2OS/c1-12(18(22)20-15-9-7-14(19)8-10-15)23-17-11-6-13-4-2-3-5-16(13)21-17/h2-12H,1H3,(H,20,22)/t12-/m0/s1. The van der Waals surface area contributed by atoms with Crippen molar-refractivity contribution in [3.8, 4) is 0 Å². The lowest BCUT2D eigenvalue weighted by molar-refractivity contribution is -0.115. The Hall–Kier alpha value is -2.04. The molecule has 1 atom stereocenters. The number of hydrogen-bond donors (Lipinski definition) is 1. The van der Waals surface area contributed by atoms with Gasteiger partial charge >= 0.3 is 0 Å². The van der Waals surface area contributed by atoms with E-state index in [4.69, 9.17) is 11.6 Å². The molecule has 5 heteroatoms. The van der Waals surface area contributed by atoms with Crippen LogP contribution < -0.4 is 5.32 Å². The van der Waals surface area contributed by atoms with Gasteiger partial charge in [0.15, 0.2) is 0 Å². The fourth-order valence-corrected chi connectivity index (χ4v) is 3.08. The lowest BCUT2D eigenvalue weighted by atomic mass is 10.2. The number of para-hydroxylation sites is 1. The quantitative estimate of drug-likeness (QED) is 0.678. The lowest BCUT2D eigenvalue weighted by Gasteiger charge is -2.12. The average molecular weight is 343 g/mol. The molecule has 0 aliphatic rings. The van der Waals surface area contributed by atoms with Crippen molar-refractivity contribution < 1.29 is 4.79 Å². The SMILES string of the molecule is C[C@H](Sc1ccc2ccccc2n1)C(=O)Nc1ccc(Cl)cc1. The van der Waals surface area contributed by atoms with E-state index in [9.17, 15) is 4.79 Å². The highest BCUT2D eigenvalue weighted by Crippen LogP contribution is 2.25. The fourth-order valence-electron chi connectivity index (χ4n) is 2.12. The number of anilines is 1. The smallest absolute Gasteiger partial charge is 0.237 e. The summed E-state index contributed by atoms with van der Waals surface area (Å²) in [4.78, 5) is 16.9. The molecule has 0 aliphatic carbocycles. The van der Waals surface area contributed by atoms with Crippen LogP contribution in [0, 0.1) is 0 Å². The molecular formula is C18H15ClN2OS. The predicted molar refractivity (Wildman–Crippen MR) is 97.1 cm³/mol. The summed E-state index contributed by atoms with van der Waals surface area (Å²) in [5.41, 5.74) is 1.67. The Balaban J connectivity index is 1.68. The number of nitrogens with zero attached hydrogens (tertiary/aromatic N) is 1. The molecule has 1 heterocycles. The van der Waals surface area contributed by atoms with Crippen LogP contribution in [0.25, 0.3) is 10.9 Å². The molecule has 0 saturated heterocycles. The number of aromatic nitrogens is 1. The van der Waals surface area contributed by atoms with Gasteiger partial charge in [-0.05, 0) is 43.3 Å². The Bertz CT molecular complexity index is 836. The average Bonchev–Trinajstić information content (AvgIpc) is 2.56. The lowest BCUT2D eigenvalue weighted by Crippen LogP contribution is -2.22. The van der Waals surface area contributed by atoms with Gasteiger partial charge in [0, 0.05) is 16.1 Å². The normalized spacial score (nSPS) is 12.1. The van der Waals surface area contributed by atoms with Gasteiger partial charge < -0.3 is 5.32 Å². The maximum absolute atomic E-state index is 12.3. The molecule has 23 heavy (non-hydrogen) atoms. The summed E-state index contributed by atoms with van der Waals surface area (Å²) in [5, 5.41) is 5.20. The number of benzene rings is 2. The van der Waals surface area contributed by atoms with E-state index in [0.717, 1.165) is 21.6 Å². The predicted octanol–water partition coefficient (Wildman–Crippen LogP) is 5.01. The molecule has 0 bridgehead atoms. The van der Waals surface area contributed by atoms with Crippen LogP contribution in [0.1, 0.15) is 6.92 Å². The van der Waals surface area contributed by atoms with Crippen molar-refractivity contribution >= 4 is 45.9 Å². The molecule has 0 unspecified atom stereocenters. The third-order valence-corrected chi connectivity index (χ3v) is 4.64. The minimum absolute atomic E-state index is 0.0627. The van der Waals surface area contributed by atoms with Gasteiger partial charge in [-0.3, -0.25) is 4.79 Å². The van der Waals surface area contributed by atoms with E-state index in [1.165, 1.54) is 11.8 Å². The van der Waals surface area contributed by atoms with E-state index in [1.54, 1.807) is 24.3 Å². The van der Waals surface area contributed by atoms with Crippen molar-refractivity contribution in [1.82, 2.24) is 4.98 Å². The van der Waals surface area contributed by atoms with Crippen molar-refractivity contribution in [3.05, 3.63) is 65.7 Å². The van der Waals surface area contributed by atoms with Gasteiger partial charge in [-0.25, -0.2) is 4.98 Å². The summed E-state index contributed by atoms with van der Waals surface area (Å²) in [5.74, 6) is -0.0627. The summed E-state index contributed by atoms with van der Waals surface area (Å²) in [6, 6.07) is 19.0. The van der Waals surface area contributed by atoms with E-state index in [0.29, 0.717) is 5.02 Å². The first kappa shape index (κ1) is 15.8. The second-order valence-electron chi connectivity index (χ2n) is 5.10. The van der Waals surface area contributed by atoms with Crippen LogP contribution in [0.3, 0.4) is 0 Å². The number of carbonyl (C=O) groups is 1. The molecule has 1 amide bonds. The van der Waals surface area contributed by atoms with Crippen LogP contribution in [0.15, 0.2) is 65.7 Å². The molecule has 3 rings (SSSR count). The molecule has 0 fully saturated rings. The van der Waals surface area contributed by atoms with Crippen LogP contribution in [0.4, 0.5) is 5.69 Å². The Morgan fingerprint density at radius 2 is 1.83 bits per heavy atom. The van der Waals surface area contributed by atoms with Gasteiger partial charge in [0.2, 0.25) is 5.91 Å². The summed E-state index contributed by atoms with van der Waals surface area (Å²) in [6.07, 6.45) is 0. The molecule has 116 valence electrons. The minimum Gasteiger partial charge on any atom is -0.325 e. The van der Waals surface area contributed by atoms with E-state index in [1.807, 2.05) is 43.3 Å². The highest BCUT2D eigenvalue weighted by Gasteiger charge is 2.15. The highest BCUT2D eigenvalue weighted by molar-refractivity contribution is 8.00. The van der Waals surface area contributed by atoms with E-state index in [-0.39, 0.29) is 11.2 Å². The first-order valence-corrected chi connectivity index (χ1v) is 8.46. The third-order valence-electron chi connectivity index (χ3n) is 3.35. The molecule has 1 aromatic heterocycles. The Morgan fingerprint density at radius 3 is 2.61 bits per heavy atom. The number of thioether (sulfide) groups is 1. The van der Waals surface area contributed by atoms with Crippen LogP contribution in [0.5, 0.6) is 0 Å². The highest BCUT2D eigenvalue weighted by atomic mass is 35.5. The molecule has 1 N–H and O–H groups in total. The van der Waals surface area contributed by atoms with Crippen molar-refractivity contribution in [3.63, 3.8) is 0 Å². The Kier molecular flexibility index (Phi) is 4.84. The van der Waals surface area contributed by atoms with Crippen LogP contribution in [-0.2, 0) is 4.79 Å². The number of fused-ring (bicyclic) bond motifs is 1. The van der Waals surface area contributed by atoms with Crippen molar-refractivity contribution in [2.45, 2.75) is 17.2 Å². The molecule has 0 aliphatic heterocycles. The van der Waals surface area contributed by atoms with Gasteiger partial charge in [0.25, 0.3) is 0 Å². The zero-order valence-corrected chi connectivity index (χ0v) is 14.1. The van der Waals surface area contributed by atoms with Gasteiger partial charge in [-0.1, -0.05) is 47.6 Å². The first-order chi connectivity index (χ1) is 11.1. The molecule has 0 saturated carbocycles. The fraction of sp³-hybridized carbons (Fsp3) is 0.111. The molecule has 0 radical (unpaired) electrons. The topological polar surface area (TPSA) is 42.0 Å². The number of halogens is 1. The van der Waals surface area contributed by atoms with Gasteiger partial charge in [-0.15, -0.1) is 0 Å². The second kappa shape index (κ2) is 7.02. The number of amides is 1. The zero-order chi connectivity index (χ0) is 16.2. The summed E-state index contributed by atoms with van der Waals surface area (Å²) in [7, 11) is 0. The van der Waals surface area contributed by atoms with Crippen LogP contribution in [-0.4, -0.2) is 16.1 Å². The summed E-state index contributed by atoms with van der Waals surface area (Å²) in [6.45, 7) is 1.87. The third kappa shape index (κ3) is 4.03. The number of rotatable bonds is 4. The number of hydrogen-bond acceptors (Lipinski definition) is 3. The number of nitrogens with one attached hydrogen (secondary N) is 1. The first-order valence-electron chi connectivity index (χ1n) is 7.21. The molecule has 3 nitrogen and oxygen atoms in total. The Morgan fingerprint density at radius 1 is 1.09 bits per heavy atom. The van der Waals surface area contributed by atoms with E-state index in [2.05, 4.69) is 10.3 Å². The maximum atomic E-state index is 12.3. The van der Waals surface area contributed by atoms with Gasteiger partial charge in [0.1, 0.15) is 0 Å². The minimum atomic E-state index is -0.251. The van der Waals surface area contributed by atoms with Crippen molar-refractivity contribution in [2.24, 2.45) is 0 Å². The van der Waals surface area contributed by atoms with E-state index >= 15 is 0 Å². The second-order valence-corrected chi connectivity index (χ2v) is 6.90. The van der Waals surface area contributed by atoms with Crippen molar-refractivity contribution in [1.29, 1.82) is 0 Å². The van der Waals surface area contributed by atoms with Gasteiger partial charge in [0.05, 0.1) is 15.8 Å². The molecule has 2 aromatic carbocycles. The molecular weight excluding hydrogens is 328 g/mol. The largest absolute Gasteiger partial charge is 0.325 e. The van der Waals surface area contributed by atoms with Gasteiger partial charge in [-0.2, -0.15) is 0 Å². The number of carbonyl (C=O) groups excluding carboxylic acids is 1. The summed E-state index contributed by atoms with van der Waals surface area (Å²) >= 11 is 7.28. The maximum Gasteiger partial charge on any atom is 0.237 e. The Labute approximate surface area is 144 Å². The summed E-state index contributed by atoms with van der Waals surface area (Å²) < 4.78 is 0.